The zero-order valence-electron chi connectivity index (χ0n) is 14.2. The average molecular weight is 309 g/mol. The van der Waals surface area contributed by atoms with E-state index in [0.717, 1.165) is 22.6 Å². The summed E-state index contributed by atoms with van der Waals surface area (Å²) in [7, 11) is 1.67. The number of rotatable bonds is 5. The van der Waals surface area contributed by atoms with Crippen molar-refractivity contribution in [1.29, 1.82) is 5.26 Å². The Morgan fingerprint density at radius 2 is 1.96 bits per heavy atom. The minimum absolute atomic E-state index is 0.131. The lowest BCUT2D eigenvalue weighted by Gasteiger charge is -2.19. The van der Waals surface area contributed by atoms with E-state index in [4.69, 9.17) is 4.74 Å². The van der Waals surface area contributed by atoms with Gasteiger partial charge >= 0.3 is 0 Å². The van der Waals surface area contributed by atoms with E-state index in [9.17, 15) is 5.26 Å². The van der Waals surface area contributed by atoms with Gasteiger partial charge in [-0.15, -0.1) is 0 Å². The second-order valence-electron chi connectivity index (χ2n) is 6.52. The van der Waals surface area contributed by atoms with Gasteiger partial charge in [0.25, 0.3) is 0 Å². The van der Waals surface area contributed by atoms with Crippen molar-refractivity contribution in [2.45, 2.75) is 39.3 Å². The first-order chi connectivity index (χ1) is 11.0. The Kier molecular flexibility index (Phi) is 5.36. The lowest BCUT2D eigenvalue weighted by atomic mass is 9.88. The topological polar surface area (TPSA) is 57.9 Å². The number of pyridine rings is 1. The highest BCUT2D eigenvalue weighted by Crippen LogP contribution is 2.24. The lowest BCUT2D eigenvalue weighted by molar-refractivity contribution is 0.407. The molecule has 0 bridgehead atoms. The summed E-state index contributed by atoms with van der Waals surface area (Å²) in [5, 5.41) is 12.7. The van der Waals surface area contributed by atoms with Gasteiger partial charge in [0.15, 0.2) is 0 Å². The first-order valence-electron chi connectivity index (χ1n) is 7.68. The van der Waals surface area contributed by atoms with E-state index in [1.165, 1.54) is 0 Å². The van der Waals surface area contributed by atoms with E-state index in [2.05, 4.69) is 37.1 Å². The van der Waals surface area contributed by atoms with Gasteiger partial charge in [-0.25, -0.2) is 0 Å². The summed E-state index contributed by atoms with van der Waals surface area (Å²) in [6.45, 7) is 7.55. The fourth-order valence-corrected chi connectivity index (χ4v) is 2.48. The van der Waals surface area contributed by atoms with Crippen LogP contribution in [0.3, 0.4) is 0 Å². The van der Waals surface area contributed by atoms with Gasteiger partial charge in [0.2, 0.25) is 0 Å². The SMILES string of the molecule is COc1ccccc1CNCc1cnc(C(C)(C)C)c(C#N)c1. The number of aromatic nitrogens is 1. The van der Waals surface area contributed by atoms with Gasteiger partial charge in [-0.05, 0) is 17.7 Å². The molecule has 0 saturated heterocycles. The van der Waals surface area contributed by atoms with Crippen LogP contribution in [0, 0.1) is 11.3 Å². The number of nitrogens with one attached hydrogen (secondary N) is 1. The first kappa shape index (κ1) is 17.0. The van der Waals surface area contributed by atoms with Crippen LogP contribution in [-0.4, -0.2) is 12.1 Å². The Hall–Kier alpha value is -2.38. The first-order valence-corrected chi connectivity index (χ1v) is 7.68. The van der Waals surface area contributed by atoms with E-state index in [1.807, 2.05) is 36.5 Å². The monoisotopic (exact) mass is 309 g/mol. The van der Waals surface area contributed by atoms with Crippen molar-refractivity contribution in [3.63, 3.8) is 0 Å². The maximum Gasteiger partial charge on any atom is 0.123 e. The number of nitriles is 1. The van der Waals surface area contributed by atoms with Crippen LogP contribution in [-0.2, 0) is 18.5 Å². The number of hydrogen-bond donors (Lipinski definition) is 1. The van der Waals surface area contributed by atoms with Gasteiger partial charge in [0, 0.05) is 30.3 Å². The number of ether oxygens (including phenoxy) is 1. The molecule has 0 amide bonds. The number of methoxy groups -OCH3 is 1. The summed E-state index contributed by atoms with van der Waals surface area (Å²) in [4.78, 5) is 4.49. The molecule has 0 atom stereocenters. The summed E-state index contributed by atoms with van der Waals surface area (Å²) >= 11 is 0. The molecular weight excluding hydrogens is 286 g/mol. The van der Waals surface area contributed by atoms with Crippen LogP contribution in [0.15, 0.2) is 36.5 Å². The molecule has 1 N–H and O–H groups in total. The van der Waals surface area contributed by atoms with E-state index in [1.54, 1.807) is 7.11 Å². The quantitative estimate of drug-likeness (QED) is 0.917. The predicted octanol–water partition coefficient (Wildman–Crippen LogP) is 3.55. The normalized spacial score (nSPS) is 11.1. The highest BCUT2D eigenvalue weighted by molar-refractivity contribution is 5.39. The molecule has 0 saturated carbocycles. The molecule has 0 fully saturated rings. The molecule has 1 aromatic carbocycles. The second kappa shape index (κ2) is 7.26. The zero-order valence-corrected chi connectivity index (χ0v) is 14.2. The second-order valence-corrected chi connectivity index (χ2v) is 6.52. The third-order valence-electron chi connectivity index (χ3n) is 3.61. The fourth-order valence-electron chi connectivity index (χ4n) is 2.48. The molecule has 2 aromatic rings. The van der Waals surface area contributed by atoms with Crippen LogP contribution in [0.5, 0.6) is 5.75 Å². The van der Waals surface area contributed by atoms with Crippen LogP contribution in [0.25, 0.3) is 0 Å². The van der Waals surface area contributed by atoms with Crippen molar-refractivity contribution in [3.8, 4) is 11.8 Å². The molecule has 4 heteroatoms. The Morgan fingerprint density at radius 1 is 1.22 bits per heavy atom. The van der Waals surface area contributed by atoms with Crippen LogP contribution in [0.4, 0.5) is 0 Å². The molecule has 0 unspecified atom stereocenters. The van der Waals surface area contributed by atoms with Gasteiger partial charge in [-0.3, -0.25) is 4.98 Å². The average Bonchev–Trinajstić information content (AvgIpc) is 2.54. The molecule has 0 aliphatic heterocycles. The molecule has 0 aliphatic rings. The number of para-hydroxylation sites is 1. The summed E-state index contributed by atoms with van der Waals surface area (Å²) in [5.74, 6) is 0.874. The fraction of sp³-hybridized carbons (Fsp3) is 0.368. The molecule has 0 radical (unpaired) electrons. The van der Waals surface area contributed by atoms with Gasteiger partial charge < -0.3 is 10.1 Å². The molecule has 0 spiro atoms. The van der Waals surface area contributed by atoms with Crippen LogP contribution in [0.1, 0.15) is 43.2 Å². The summed E-state index contributed by atoms with van der Waals surface area (Å²) in [5.41, 5.74) is 3.47. The van der Waals surface area contributed by atoms with Crippen molar-refractivity contribution in [3.05, 3.63) is 58.9 Å². The Labute approximate surface area is 138 Å². The minimum atomic E-state index is -0.131. The maximum absolute atomic E-state index is 9.35. The molecule has 4 nitrogen and oxygen atoms in total. The van der Waals surface area contributed by atoms with Crippen molar-refractivity contribution >= 4 is 0 Å². The third kappa shape index (κ3) is 4.30. The predicted molar refractivity (Wildman–Crippen MR) is 91.2 cm³/mol. The van der Waals surface area contributed by atoms with Crippen molar-refractivity contribution in [2.24, 2.45) is 0 Å². The Morgan fingerprint density at radius 3 is 2.61 bits per heavy atom. The molecule has 23 heavy (non-hydrogen) atoms. The van der Waals surface area contributed by atoms with E-state index >= 15 is 0 Å². The Bertz CT molecular complexity index is 711. The van der Waals surface area contributed by atoms with Crippen LogP contribution in [0.2, 0.25) is 0 Å². The van der Waals surface area contributed by atoms with Crippen molar-refractivity contribution < 1.29 is 4.74 Å². The smallest absolute Gasteiger partial charge is 0.123 e. The highest BCUT2D eigenvalue weighted by Gasteiger charge is 2.19. The van der Waals surface area contributed by atoms with Crippen LogP contribution < -0.4 is 10.1 Å². The van der Waals surface area contributed by atoms with Crippen molar-refractivity contribution in [2.75, 3.05) is 7.11 Å². The van der Waals surface area contributed by atoms with Crippen molar-refractivity contribution in [1.82, 2.24) is 10.3 Å². The molecule has 1 aromatic heterocycles. The summed E-state index contributed by atoms with van der Waals surface area (Å²) in [6, 6.07) is 12.1. The standard InChI is InChI=1S/C19H23N3O/c1-19(2,3)18-16(10-20)9-14(12-22-18)11-21-13-15-7-5-6-8-17(15)23-4/h5-9,12,21H,11,13H2,1-4H3. The third-order valence-corrected chi connectivity index (χ3v) is 3.61. The van der Waals surface area contributed by atoms with Gasteiger partial charge in [0.1, 0.15) is 11.8 Å². The van der Waals surface area contributed by atoms with E-state index < -0.39 is 0 Å². The van der Waals surface area contributed by atoms with Gasteiger partial charge in [-0.2, -0.15) is 5.26 Å². The summed E-state index contributed by atoms with van der Waals surface area (Å²) < 4.78 is 5.34. The molecule has 120 valence electrons. The Balaban J connectivity index is 2.06. The van der Waals surface area contributed by atoms with Gasteiger partial charge in [-0.1, -0.05) is 39.0 Å². The largest absolute Gasteiger partial charge is 0.496 e. The number of hydrogen-bond acceptors (Lipinski definition) is 4. The number of nitrogens with zero attached hydrogens (tertiary/aromatic N) is 2. The molecular formula is C19H23N3O. The highest BCUT2D eigenvalue weighted by atomic mass is 16.5. The maximum atomic E-state index is 9.35. The van der Waals surface area contributed by atoms with Gasteiger partial charge in [0.05, 0.1) is 18.4 Å². The number of benzene rings is 1. The van der Waals surface area contributed by atoms with Crippen LogP contribution >= 0.6 is 0 Å². The molecule has 2 rings (SSSR count). The molecule has 1 heterocycles. The molecule has 0 aliphatic carbocycles. The zero-order chi connectivity index (χ0) is 16.9. The minimum Gasteiger partial charge on any atom is -0.496 e. The summed E-state index contributed by atoms with van der Waals surface area (Å²) in [6.07, 6.45) is 1.84. The lowest BCUT2D eigenvalue weighted by Crippen LogP contribution is -2.18. The van der Waals surface area contributed by atoms with E-state index in [0.29, 0.717) is 18.7 Å². The van der Waals surface area contributed by atoms with E-state index in [-0.39, 0.29) is 5.41 Å².